The molecule has 0 aromatic rings. The number of rotatable bonds is 2. The van der Waals surface area contributed by atoms with Gasteiger partial charge in [-0.1, -0.05) is 28.5 Å². The average molecular weight is 232 g/mol. The fourth-order valence-electron chi connectivity index (χ4n) is 2.79. The molecule has 4 heteroatoms. The molecule has 0 amide bonds. The maximum Gasteiger partial charge on any atom is 0.0337 e. The monoisotopic (exact) mass is 232 g/mol. The van der Waals surface area contributed by atoms with E-state index in [0.29, 0.717) is 5.54 Å². The van der Waals surface area contributed by atoms with E-state index < -0.39 is 0 Å². The second kappa shape index (κ2) is 4.64. The Morgan fingerprint density at radius 1 is 1.29 bits per heavy atom. The van der Waals surface area contributed by atoms with Crippen molar-refractivity contribution in [2.75, 3.05) is 31.1 Å². The van der Waals surface area contributed by atoms with Gasteiger partial charge in [0.25, 0.3) is 0 Å². The van der Waals surface area contributed by atoms with Crippen LogP contribution in [0.4, 0.5) is 0 Å². The molecular weight excluding hydrogens is 212 g/mol. The molecule has 1 saturated heterocycles. The molecule has 0 unspecified atom stereocenters. The predicted molar refractivity (Wildman–Crippen MR) is 66.7 cm³/mol. The first kappa shape index (κ1) is 11.1. The van der Waals surface area contributed by atoms with Crippen molar-refractivity contribution in [3.8, 4) is 0 Å². The van der Waals surface area contributed by atoms with Crippen molar-refractivity contribution in [3.63, 3.8) is 0 Å². The van der Waals surface area contributed by atoms with Crippen LogP contribution in [-0.2, 0) is 0 Å². The minimum Gasteiger partial charge on any atom is -0.329 e. The highest BCUT2D eigenvalue weighted by Crippen LogP contribution is 2.42. The fourth-order valence-corrected chi connectivity index (χ4v) is 4.77. The summed E-state index contributed by atoms with van der Waals surface area (Å²) in [5.41, 5.74) is 6.34. The second-order valence-corrected chi connectivity index (χ2v) is 7.27. The molecule has 1 saturated carbocycles. The lowest BCUT2D eigenvalue weighted by Gasteiger charge is -2.53. The molecule has 14 heavy (non-hydrogen) atoms. The zero-order chi connectivity index (χ0) is 10.0. The zero-order valence-electron chi connectivity index (χ0n) is 8.87. The Kier molecular flexibility index (Phi) is 3.68. The molecule has 0 spiro atoms. The third-order valence-electron chi connectivity index (χ3n) is 3.48. The standard InChI is InChI=1S/C10H20N2S2/c1-9-6-10(7-9,8-11)12-2-4-13-14-5-3-12/h9H,2-8,11H2,1H3. The van der Waals surface area contributed by atoms with Crippen LogP contribution < -0.4 is 5.73 Å². The Morgan fingerprint density at radius 2 is 1.86 bits per heavy atom. The average Bonchev–Trinajstić information content (AvgIpc) is 2.40. The summed E-state index contributed by atoms with van der Waals surface area (Å²) < 4.78 is 0. The Morgan fingerprint density at radius 3 is 2.29 bits per heavy atom. The van der Waals surface area contributed by atoms with Gasteiger partial charge in [-0.25, -0.2) is 0 Å². The van der Waals surface area contributed by atoms with E-state index in [1.807, 2.05) is 21.6 Å². The van der Waals surface area contributed by atoms with Crippen molar-refractivity contribution in [2.24, 2.45) is 11.7 Å². The third kappa shape index (κ3) is 2.08. The molecule has 0 aromatic carbocycles. The highest BCUT2D eigenvalue weighted by atomic mass is 33.1. The van der Waals surface area contributed by atoms with E-state index in [4.69, 9.17) is 5.73 Å². The van der Waals surface area contributed by atoms with Crippen molar-refractivity contribution >= 4 is 21.6 Å². The molecule has 2 aliphatic rings. The minimum absolute atomic E-state index is 0.380. The second-order valence-electron chi connectivity index (χ2n) is 4.57. The number of hydrogen-bond acceptors (Lipinski definition) is 4. The molecule has 0 bridgehead atoms. The summed E-state index contributed by atoms with van der Waals surface area (Å²) in [5.74, 6) is 3.42. The van der Waals surface area contributed by atoms with Gasteiger partial charge in [0.15, 0.2) is 0 Å². The van der Waals surface area contributed by atoms with Gasteiger partial charge < -0.3 is 5.73 Å². The molecule has 0 aromatic heterocycles. The van der Waals surface area contributed by atoms with Crippen molar-refractivity contribution in [1.29, 1.82) is 0 Å². The smallest absolute Gasteiger partial charge is 0.0337 e. The number of nitrogens with two attached hydrogens (primary N) is 1. The molecule has 2 fully saturated rings. The fraction of sp³-hybridized carbons (Fsp3) is 1.00. The summed E-state index contributed by atoms with van der Waals surface area (Å²) in [6.45, 7) is 5.67. The zero-order valence-corrected chi connectivity index (χ0v) is 10.5. The maximum atomic E-state index is 5.96. The van der Waals surface area contributed by atoms with Gasteiger partial charge in [0.1, 0.15) is 0 Å². The molecule has 0 atom stereocenters. The van der Waals surface area contributed by atoms with Crippen LogP contribution in [0.3, 0.4) is 0 Å². The van der Waals surface area contributed by atoms with Gasteiger partial charge in [-0.05, 0) is 18.8 Å². The summed E-state index contributed by atoms with van der Waals surface area (Å²) in [6.07, 6.45) is 2.64. The van der Waals surface area contributed by atoms with Gasteiger partial charge in [-0.2, -0.15) is 0 Å². The molecule has 1 aliphatic heterocycles. The minimum atomic E-state index is 0.380. The van der Waals surface area contributed by atoms with Crippen molar-refractivity contribution in [2.45, 2.75) is 25.3 Å². The lowest BCUT2D eigenvalue weighted by atomic mass is 9.68. The van der Waals surface area contributed by atoms with Gasteiger partial charge in [0, 0.05) is 36.7 Å². The first-order valence-electron chi connectivity index (χ1n) is 5.46. The van der Waals surface area contributed by atoms with E-state index in [-0.39, 0.29) is 0 Å². The van der Waals surface area contributed by atoms with Crippen molar-refractivity contribution in [3.05, 3.63) is 0 Å². The molecule has 0 radical (unpaired) electrons. The van der Waals surface area contributed by atoms with Crippen LogP contribution in [0.2, 0.25) is 0 Å². The normalized spacial score (nSPS) is 40.3. The van der Waals surface area contributed by atoms with E-state index >= 15 is 0 Å². The number of nitrogens with zero attached hydrogens (tertiary/aromatic N) is 1. The van der Waals surface area contributed by atoms with Gasteiger partial charge >= 0.3 is 0 Å². The molecule has 1 heterocycles. The van der Waals surface area contributed by atoms with E-state index in [0.717, 1.165) is 12.5 Å². The van der Waals surface area contributed by atoms with Crippen LogP contribution >= 0.6 is 21.6 Å². The van der Waals surface area contributed by atoms with Crippen LogP contribution in [0.15, 0.2) is 0 Å². The largest absolute Gasteiger partial charge is 0.329 e. The van der Waals surface area contributed by atoms with Crippen molar-refractivity contribution < 1.29 is 0 Å². The maximum absolute atomic E-state index is 5.96. The molecular formula is C10H20N2S2. The summed E-state index contributed by atoms with van der Waals surface area (Å²) in [4.78, 5) is 2.65. The lowest BCUT2D eigenvalue weighted by Crippen LogP contribution is -2.62. The Bertz CT molecular complexity index is 185. The summed E-state index contributed by atoms with van der Waals surface area (Å²) in [5, 5.41) is 0. The topological polar surface area (TPSA) is 29.3 Å². The third-order valence-corrected chi connectivity index (χ3v) is 5.85. The van der Waals surface area contributed by atoms with E-state index in [1.54, 1.807) is 0 Å². The van der Waals surface area contributed by atoms with Gasteiger partial charge in [-0.15, -0.1) is 0 Å². The molecule has 2 N–H and O–H groups in total. The van der Waals surface area contributed by atoms with Crippen LogP contribution in [0.25, 0.3) is 0 Å². The highest BCUT2D eigenvalue weighted by molar-refractivity contribution is 8.76. The summed E-state index contributed by atoms with van der Waals surface area (Å²) in [6, 6.07) is 0. The molecule has 82 valence electrons. The Balaban J connectivity index is 1.96. The van der Waals surface area contributed by atoms with Crippen molar-refractivity contribution in [1.82, 2.24) is 4.90 Å². The van der Waals surface area contributed by atoms with Crippen LogP contribution in [0, 0.1) is 5.92 Å². The Hall–Kier alpha value is 0.620. The van der Waals surface area contributed by atoms with Gasteiger partial charge in [0.05, 0.1) is 0 Å². The van der Waals surface area contributed by atoms with Crippen LogP contribution in [0.1, 0.15) is 19.8 Å². The summed E-state index contributed by atoms with van der Waals surface area (Å²) >= 11 is 0. The van der Waals surface area contributed by atoms with Gasteiger partial charge in [0.2, 0.25) is 0 Å². The first-order chi connectivity index (χ1) is 6.77. The van der Waals surface area contributed by atoms with Crippen LogP contribution in [-0.4, -0.2) is 41.6 Å². The highest BCUT2D eigenvalue weighted by Gasteiger charge is 2.45. The van der Waals surface area contributed by atoms with Crippen LogP contribution in [0.5, 0.6) is 0 Å². The van der Waals surface area contributed by atoms with E-state index in [2.05, 4.69) is 11.8 Å². The first-order valence-corrected chi connectivity index (χ1v) is 7.95. The quantitative estimate of drug-likeness (QED) is 0.735. The Labute approximate surface area is 94.8 Å². The SMILES string of the molecule is CC1CC(CN)(N2CCSSCC2)C1. The summed E-state index contributed by atoms with van der Waals surface area (Å²) in [7, 11) is 4.03. The lowest BCUT2D eigenvalue weighted by molar-refractivity contribution is -0.00391. The molecule has 2 rings (SSSR count). The predicted octanol–water partition coefficient (Wildman–Crippen LogP) is 1.81. The molecule has 2 nitrogen and oxygen atoms in total. The van der Waals surface area contributed by atoms with E-state index in [9.17, 15) is 0 Å². The molecule has 1 aliphatic carbocycles. The van der Waals surface area contributed by atoms with E-state index in [1.165, 1.54) is 37.4 Å². The number of hydrogen-bond donors (Lipinski definition) is 1. The van der Waals surface area contributed by atoms with Gasteiger partial charge in [-0.3, -0.25) is 4.90 Å².